The molecule has 1 amide bonds. The van der Waals surface area contributed by atoms with E-state index in [2.05, 4.69) is 25.4 Å². The van der Waals surface area contributed by atoms with Gasteiger partial charge in [0, 0.05) is 49.8 Å². The van der Waals surface area contributed by atoms with Gasteiger partial charge in [0.1, 0.15) is 5.69 Å². The van der Waals surface area contributed by atoms with Crippen LogP contribution >= 0.6 is 11.3 Å². The molecule has 0 saturated carbocycles. The lowest BCUT2D eigenvalue weighted by molar-refractivity contribution is -0.126. The van der Waals surface area contributed by atoms with Crippen molar-refractivity contribution in [3.8, 4) is 0 Å². The molecule has 0 radical (unpaired) electrons. The lowest BCUT2D eigenvalue weighted by Crippen LogP contribution is -2.30. The van der Waals surface area contributed by atoms with Crippen LogP contribution in [-0.4, -0.2) is 42.1 Å². The Balaban J connectivity index is 1.56. The molecular weight excluding hydrogens is 362 g/mol. The second kappa shape index (κ2) is 7.67. The smallest absolute Gasteiger partial charge is 0.247 e. The Hall–Kier alpha value is -3.07. The Bertz CT molecular complexity index is 950. The quantitative estimate of drug-likeness (QED) is 0.684. The average molecular weight is 381 g/mol. The Morgan fingerprint density at radius 3 is 2.93 bits per heavy atom. The second-order valence-electron chi connectivity index (χ2n) is 6.16. The highest BCUT2D eigenvalue weighted by Gasteiger charge is 2.32. The van der Waals surface area contributed by atoms with Gasteiger partial charge in [-0.05, 0) is 25.0 Å². The molecule has 3 aromatic heterocycles. The average Bonchev–Trinajstić information content (AvgIpc) is 3.42. The van der Waals surface area contributed by atoms with Gasteiger partial charge in [-0.2, -0.15) is 5.10 Å². The summed E-state index contributed by atoms with van der Waals surface area (Å²) in [5.74, 6) is 0.609. The number of carbonyl (C=O) groups is 1. The van der Waals surface area contributed by atoms with Crippen LogP contribution in [0.15, 0.2) is 42.3 Å². The summed E-state index contributed by atoms with van der Waals surface area (Å²) in [6.07, 6.45) is 11.9. The summed E-state index contributed by atoms with van der Waals surface area (Å²) >= 11 is 1.49. The molecule has 1 N–H and O–H groups in total. The third kappa shape index (κ3) is 3.72. The monoisotopic (exact) mass is 381 g/mol. The zero-order chi connectivity index (χ0) is 18.6. The van der Waals surface area contributed by atoms with Crippen molar-refractivity contribution in [1.29, 1.82) is 0 Å². The molecule has 1 aliphatic rings. The third-order valence-electron chi connectivity index (χ3n) is 4.49. The molecule has 8 nitrogen and oxygen atoms in total. The van der Waals surface area contributed by atoms with Crippen LogP contribution in [0.5, 0.6) is 0 Å². The maximum absolute atomic E-state index is 12.8. The van der Waals surface area contributed by atoms with Crippen molar-refractivity contribution in [2.24, 2.45) is 7.05 Å². The fourth-order valence-electron chi connectivity index (χ4n) is 3.19. The van der Waals surface area contributed by atoms with Crippen LogP contribution in [0.1, 0.15) is 30.3 Å². The fraction of sp³-hybridized carbons (Fsp3) is 0.278. The molecule has 4 rings (SSSR count). The summed E-state index contributed by atoms with van der Waals surface area (Å²) < 4.78 is 1.73. The molecule has 1 saturated heterocycles. The normalized spacial score (nSPS) is 16.9. The highest BCUT2D eigenvalue weighted by molar-refractivity contribution is 7.13. The number of likely N-dealkylation sites (tertiary alicyclic amines) is 1. The molecule has 138 valence electrons. The zero-order valence-corrected chi connectivity index (χ0v) is 15.6. The molecule has 1 aliphatic heterocycles. The summed E-state index contributed by atoms with van der Waals surface area (Å²) in [6, 6.07) is 1.76. The van der Waals surface area contributed by atoms with E-state index in [1.807, 2.05) is 23.4 Å². The first-order valence-electron chi connectivity index (χ1n) is 8.66. The van der Waals surface area contributed by atoms with Gasteiger partial charge >= 0.3 is 0 Å². The molecule has 3 aromatic rings. The number of aromatic nitrogens is 5. The summed E-state index contributed by atoms with van der Waals surface area (Å²) in [5, 5.41) is 9.98. The van der Waals surface area contributed by atoms with Gasteiger partial charge in [-0.25, -0.2) is 9.97 Å². The van der Waals surface area contributed by atoms with E-state index in [1.54, 1.807) is 41.6 Å². The number of thiazole rings is 1. The summed E-state index contributed by atoms with van der Waals surface area (Å²) in [6.45, 7) is 0.701. The summed E-state index contributed by atoms with van der Waals surface area (Å²) in [7, 11) is 1.85. The summed E-state index contributed by atoms with van der Waals surface area (Å²) in [5.41, 5.74) is 1.65. The number of hydrogen-bond donors (Lipinski definition) is 1. The van der Waals surface area contributed by atoms with Crippen molar-refractivity contribution in [2.75, 3.05) is 11.9 Å². The van der Waals surface area contributed by atoms with Crippen molar-refractivity contribution in [3.05, 3.63) is 53.7 Å². The third-order valence-corrected chi connectivity index (χ3v) is 5.18. The molecule has 0 spiro atoms. The Labute approximate surface area is 160 Å². The number of anilines is 2. The van der Waals surface area contributed by atoms with Crippen molar-refractivity contribution in [2.45, 2.75) is 18.9 Å². The van der Waals surface area contributed by atoms with Gasteiger partial charge in [0.25, 0.3) is 0 Å². The molecule has 0 aliphatic carbocycles. The van der Waals surface area contributed by atoms with E-state index < -0.39 is 0 Å². The molecule has 27 heavy (non-hydrogen) atoms. The lowest BCUT2D eigenvalue weighted by atomic mass is 10.1. The van der Waals surface area contributed by atoms with Gasteiger partial charge in [-0.15, -0.1) is 11.3 Å². The number of hydrogen-bond acceptors (Lipinski definition) is 7. The van der Waals surface area contributed by atoms with Crippen LogP contribution in [0.25, 0.3) is 6.08 Å². The van der Waals surface area contributed by atoms with Crippen LogP contribution in [-0.2, 0) is 11.8 Å². The second-order valence-corrected chi connectivity index (χ2v) is 7.05. The van der Waals surface area contributed by atoms with Crippen LogP contribution in [0.3, 0.4) is 0 Å². The first-order valence-corrected chi connectivity index (χ1v) is 9.54. The number of rotatable bonds is 5. The molecule has 4 heterocycles. The minimum Gasteiger partial charge on any atom is -0.330 e. The van der Waals surface area contributed by atoms with E-state index in [9.17, 15) is 4.79 Å². The van der Waals surface area contributed by atoms with E-state index in [0.717, 1.165) is 29.4 Å². The van der Waals surface area contributed by atoms with Crippen molar-refractivity contribution >= 4 is 34.3 Å². The SMILES string of the molecule is Cn1nccc1/C=C/C(=O)N1CCC[C@@H]1c1nccnc1Nc1nccs1. The predicted molar refractivity (Wildman–Crippen MR) is 103 cm³/mol. The molecule has 0 unspecified atom stereocenters. The number of carbonyl (C=O) groups excluding carboxylic acids is 1. The zero-order valence-electron chi connectivity index (χ0n) is 14.8. The van der Waals surface area contributed by atoms with Crippen LogP contribution in [0.4, 0.5) is 10.9 Å². The molecular formula is C18H19N7OS. The van der Waals surface area contributed by atoms with E-state index in [-0.39, 0.29) is 11.9 Å². The van der Waals surface area contributed by atoms with Crippen molar-refractivity contribution in [1.82, 2.24) is 29.6 Å². The van der Waals surface area contributed by atoms with Gasteiger partial charge in [0.05, 0.1) is 11.7 Å². The minimum absolute atomic E-state index is 0.0375. The number of nitrogens with zero attached hydrogens (tertiary/aromatic N) is 6. The largest absolute Gasteiger partial charge is 0.330 e. The van der Waals surface area contributed by atoms with Crippen molar-refractivity contribution in [3.63, 3.8) is 0 Å². The number of nitrogens with one attached hydrogen (secondary N) is 1. The highest BCUT2D eigenvalue weighted by atomic mass is 32.1. The Kier molecular flexibility index (Phi) is 4.93. The van der Waals surface area contributed by atoms with E-state index >= 15 is 0 Å². The van der Waals surface area contributed by atoms with Crippen LogP contribution < -0.4 is 5.32 Å². The first-order chi connectivity index (χ1) is 13.2. The number of amides is 1. The maximum Gasteiger partial charge on any atom is 0.247 e. The molecule has 1 atom stereocenters. The van der Waals surface area contributed by atoms with Crippen LogP contribution in [0.2, 0.25) is 0 Å². The molecule has 9 heteroatoms. The van der Waals surface area contributed by atoms with E-state index in [4.69, 9.17) is 0 Å². The Morgan fingerprint density at radius 1 is 1.26 bits per heavy atom. The lowest BCUT2D eigenvalue weighted by Gasteiger charge is -2.24. The van der Waals surface area contributed by atoms with E-state index in [1.165, 1.54) is 11.3 Å². The van der Waals surface area contributed by atoms with E-state index in [0.29, 0.717) is 12.4 Å². The van der Waals surface area contributed by atoms with Gasteiger partial charge in [-0.3, -0.25) is 14.5 Å². The fourth-order valence-corrected chi connectivity index (χ4v) is 3.72. The van der Waals surface area contributed by atoms with Crippen molar-refractivity contribution < 1.29 is 4.79 Å². The first kappa shape index (κ1) is 17.3. The topological polar surface area (TPSA) is 88.8 Å². The summed E-state index contributed by atoms with van der Waals surface area (Å²) in [4.78, 5) is 27.8. The van der Waals surface area contributed by atoms with Gasteiger partial charge < -0.3 is 10.2 Å². The molecule has 0 aromatic carbocycles. The minimum atomic E-state index is -0.107. The van der Waals surface area contributed by atoms with Crippen LogP contribution in [0, 0.1) is 0 Å². The van der Waals surface area contributed by atoms with Gasteiger partial charge in [-0.1, -0.05) is 0 Å². The highest BCUT2D eigenvalue weighted by Crippen LogP contribution is 2.35. The molecule has 0 bridgehead atoms. The Morgan fingerprint density at radius 2 is 2.15 bits per heavy atom. The number of aryl methyl sites for hydroxylation is 1. The van der Waals surface area contributed by atoms with Gasteiger partial charge in [0.15, 0.2) is 10.9 Å². The van der Waals surface area contributed by atoms with Gasteiger partial charge in [0.2, 0.25) is 5.91 Å². The molecule has 1 fully saturated rings. The maximum atomic E-state index is 12.8. The predicted octanol–water partition coefficient (Wildman–Crippen LogP) is 2.79. The standard InChI is InChI=1S/C18H19N7OS/c1-24-13(6-7-22-24)4-5-15(26)25-11-2-3-14(25)16-17(20-9-8-19-16)23-18-21-10-12-27-18/h4-10,12,14H,2-3,11H2,1H3,(H,20,21,23)/b5-4+/t14-/m1/s1.